The van der Waals surface area contributed by atoms with E-state index in [1.807, 2.05) is 0 Å². The maximum absolute atomic E-state index is 3.94. The summed E-state index contributed by atoms with van der Waals surface area (Å²) < 4.78 is 1.20. The third-order valence-corrected chi connectivity index (χ3v) is 5.89. The molecule has 0 bridgehead atoms. The van der Waals surface area contributed by atoms with Gasteiger partial charge in [-0.05, 0) is 54.7 Å². The van der Waals surface area contributed by atoms with E-state index in [1.54, 1.807) is 0 Å². The highest BCUT2D eigenvalue weighted by atomic mass is 79.9. The maximum atomic E-state index is 3.94. The molecule has 2 fully saturated rings. The first-order valence-corrected chi connectivity index (χ1v) is 8.35. The van der Waals surface area contributed by atoms with E-state index in [0.717, 1.165) is 17.8 Å². The Bertz CT molecular complexity index is 390. The molecule has 1 aromatic rings. The molecule has 2 saturated carbocycles. The van der Waals surface area contributed by atoms with Crippen LogP contribution >= 0.6 is 31.9 Å². The Hall–Kier alpha value is 0.180. The number of alkyl halides is 1. The normalized spacial score (nSPS) is 32.9. The highest BCUT2D eigenvalue weighted by Gasteiger charge is 2.53. The lowest BCUT2D eigenvalue weighted by Crippen LogP contribution is -2.07. The second-order valence-electron chi connectivity index (χ2n) is 5.54. The van der Waals surface area contributed by atoms with Crippen molar-refractivity contribution in [2.45, 2.75) is 36.9 Å². The van der Waals surface area contributed by atoms with Gasteiger partial charge in [-0.1, -0.05) is 56.8 Å². The molecule has 3 unspecified atom stereocenters. The second kappa shape index (κ2) is 5.05. The predicted octanol–water partition coefficient (Wildman–Crippen LogP) is 5.19. The van der Waals surface area contributed by atoms with Crippen LogP contribution in [0.3, 0.4) is 0 Å². The summed E-state index contributed by atoms with van der Waals surface area (Å²) in [5, 5.41) is 0. The molecule has 0 saturated heterocycles. The lowest BCUT2D eigenvalue weighted by atomic mass is 10.0. The predicted molar refractivity (Wildman–Crippen MR) is 79.5 cm³/mol. The second-order valence-corrected chi connectivity index (χ2v) is 7.63. The number of halogens is 2. The fourth-order valence-electron chi connectivity index (χ4n) is 3.61. The molecule has 17 heavy (non-hydrogen) atoms. The van der Waals surface area contributed by atoms with Crippen LogP contribution in [0, 0.1) is 17.8 Å². The van der Waals surface area contributed by atoms with Crippen LogP contribution in [0.5, 0.6) is 0 Å². The van der Waals surface area contributed by atoms with E-state index in [2.05, 4.69) is 56.1 Å². The molecule has 2 aliphatic rings. The molecule has 1 aromatic carbocycles. The summed E-state index contributed by atoms with van der Waals surface area (Å²) in [5.74, 6) is 3.04. The molecule has 2 heteroatoms. The van der Waals surface area contributed by atoms with E-state index in [0.29, 0.717) is 4.83 Å². The molecule has 0 heterocycles. The fourth-order valence-corrected chi connectivity index (χ4v) is 5.21. The molecule has 3 rings (SSSR count). The summed E-state index contributed by atoms with van der Waals surface area (Å²) in [5.41, 5.74) is 1.45. The van der Waals surface area contributed by atoms with Gasteiger partial charge in [-0.2, -0.15) is 0 Å². The van der Waals surface area contributed by atoms with Crippen LogP contribution < -0.4 is 0 Å². The van der Waals surface area contributed by atoms with Crippen LogP contribution in [0.1, 0.15) is 31.2 Å². The van der Waals surface area contributed by atoms with Crippen molar-refractivity contribution in [2.75, 3.05) is 0 Å². The van der Waals surface area contributed by atoms with Gasteiger partial charge >= 0.3 is 0 Å². The molecule has 0 aliphatic heterocycles. The van der Waals surface area contributed by atoms with Crippen LogP contribution in [0.4, 0.5) is 0 Å². The zero-order valence-corrected chi connectivity index (χ0v) is 13.1. The third-order valence-electron chi connectivity index (χ3n) is 4.46. The van der Waals surface area contributed by atoms with Crippen molar-refractivity contribution in [3.63, 3.8) is 0 Å². The van der Waals surface area contributed by atoms with E-state index in [9.17, 15) is 0 Å². The highest BCUT2D eigenvalue weighted by molar-refractivity contribution is 9.10. The van der Waals surface area contributed by atoms with Gasteiger partial charge in [-0.3, -0.25) is 0 Å². The van der Waals surface area contributed by atoms with Crippen LogP contribution in [0.2, 0.25) is 0 Å². The number of hydrogen-bond donors (Lipinski definition) is 0. The minimum atomic E-state index is 0.685. The van der Waals surface area contributed by atoms with Crippen molar-refractivity contribution in [2.24, 2.45) is 17.8 Å². The summed E-state index contributed by atoms with van der Waals surface area (Å²) >= 11 is 7.49. The molecule has 92 valence electrons. The Balaban J connectivity index is 1.62. The highest BCUT2D eigenvalue weighted by Crippen LogP contribution is 2.58. The average molecular weight is 358 g/mol. The molecule has 0 amide bonds. The standard InChI is InChI=1S/C15H18Br2/c16-11-5-3-4-10(8-11)9-14(17)15-12-6-1-2-7-13(12)15/h3-5,8,12-15H,1-2,6-7,9H2. The molecule has 0 aromatic heterocycles. The molecular formula is C15H18Br2. The van der Waals surface area contributed by atoms with Crippen molar-refractivity contribution in [3.05, 3.63) is 34.3 Å². The van der Waals surface area contributed by atoms with Gasteiger partial charge in [0.2, 0.25) is 0 Å². The van der Waals surface area contributed by atoms with Gasteiger partial charge in [0.15, 0.2) is 0 Å². The monoisotopic (exact) mass is 356 g/mol. The number of fused-ring (bicyclic) bond motifs is 1. The quantitative estimate of drug-likeness (QED) is 0.653. The fraction of sp³-hybridized carbons (Fsp3) is 0.600. The SMILES string of the molecule is Brc1cccc(CC(Br)C2C3CCCCC32)c1. The number of benzene rings is 1. The van der Waals surface area contributed by atoms with E-state index in [4.69, 9.17) is 0 Å². The first-order valence-electron chi connectivity index (χ1n) is 6.64. The van der Waals surface area contributed by atoms with Gasteiger partial charge in [0.25, 0.3) is 0 Å². The van der Waals surface area contributed by atoms with Gasteiger partial charge in [-0.25, -0.2) is 0 Å². The van der Waals surface area contributed by atoms with Gasteiger partial charge in [0.1, 0.15) is 0 Å². The number of rotatable bonds is 3. The van der Waals surface area contributed by atoms with Crippen molar-refractivity contribution in [1.82, 2.24) is 0 Å². The van der Waals surface area contributed by atoms with Crippen LogP contribution in [0.15, 0.2) is 28.7 Å². The average Bonchev–Trinajstić information content (AvgIpc) is 3.03. The molecule has 0 radical (unpaired) electrons. The first kappa shape index (κ1) is 12.2. The molecule has 2 aliphatic carbocycles. The third kappa shape index (κ3) is 2.63. The summed E-state index contributed by atoms with van der Waals surface area (Å²) in [6.45, 7) is 0. The van der Waals surface area contributed by atoms with Crippen LogP contribution in [0.25, 0.3) is 0 Å². The first-order chi connectivity index (χ1) is 8.25. The molecule has 3 atom stereocenters. The van der Waals surface area contributed by atoms with E-state index < -0.39 is 0 Å². The van der Waals surface area contributed by atoms with Crippen molar-refractivity contribution >= 4 is 31.9 Å². The smallest absolute Gasteiger partial charge is 0.0219 e. The van der Waals surface area contributed by atoms with Gasteiger partial charge in [0.05, 0.1) is 0 Å². The Kier molecular flexibility index (Phi) is 3.63. The Morgan fingerprint density at radius 3 is 2.53 bits per heavy atom. The zero-order valence-electron chi connectivity index (χ0n) is 9.91. The Morgan fingerprint density at radius 1 is 1.18 bits per heavy atom. The minimum absolute atomic E-state index is 0.685. The lowest BCUT2D eigenvalue weighted by molar-refractivity contribution is 0.480. The zero-order chi connectivity index (χ0) is 11.8. The summed E-state index contributed by atoms with van der Waals surface area (Å²) in [6, 6.07) is 8.73. The Labute approximate surface area is 120 Å². The van der Waals surface area contributed by atoms with Crippen LogP contribution in [-0.4, -0.2) is 4.83 Å². The van der Waals surface area contributed by atoms with Gasteiger partial charge in [-0.15, -0.1) is 0 Å². The van der Waals surface area contributed by atoms with E-state index >= 15 is 0 Å². The molecule has 0 N–H and O–H groups in total. The topological polar surface area (TPSA) is 0 Å². The summed E-state index contributed by atoms with van der Waals surface area (Å²) in [6.07, 6.45) is 7.07. The summed E-state index contributed by atoms with van der Waals surface area (Å²) in [4.78, 5) is 0.685. The van der Waals surface area contributed by atoms with Gasteiger partial charge in [0, 0.05) is 9.30 Å². The lowest BCUT2D eigenvalue weighted by Gasteiger charge is -2.09. The van der Waals surface area contributed by atoms with E-state index in [1.165, 1.54) is 42.1 Å². The van der Waals surface area contributed by atoms with Gasteiger partial charge < -0.3 is 0 Å². The van der Waals surface area contributed by atoms with Crippen molar-refractivity contribution in [3.8, 4) is 0 Å². The van der Waals surface area contributed by atoms with Crippen molar-refractivity contribution < 1.29 is 0 Å². The van der Waals surface area contributed by atoms with E-state index in [-0.39, 0.29) is 0 Å². The minimum Gasteiger partial charge on any atom is -0.0884 e. The van der Waals surface area contributed by atoms with Crippen LogP contribution in [-0.2, 0) is 6.42 Å². The number of hydrogen-bond acceptors (Lipinski definition) is 0. The molecule has 0 spiro atoms. The molecule has 0 nitrogen and oxygen atoms in total. The largest absolute Gasteiger partial charge is 0.0884 e. The Morgan fingerprint density at radius 2 is 1.88 bits per heavy atom. The maximum Gasteiger partial charge on any atom is 0.0219 e. The molecular weight excluding hydrogens is 340 g/mol. The summed E-state index contributed by atoms with van der Waals surface area (Å²) in [7, 11) is 0. The van der Waals surface area contributed by atoms with Crippen molar-refractivity contribution in [1.29, 1.82) is 0 Å².